The van der Waals surface area contributed by atoms with E-state index in [0.29, 0.717) is 5.56 Å². The molecule has 3 rings (SSSR count). The fourth-order valence-electron chi connectivity index (χ4n) is 2.38. The lowest BCUT2D eigenvalue weighted by molar-refractivity contribution is 0.0932. The van der Waals surface area contributed by atoms with Crippen molar-refractivity contribution in [2.75, 3.05) is 0 Å². The van der Waals surface area contributed by atoms with E-state index in [1.54, 1.807) is 30.8 Å². The van der Waals surface area contributed by atoms with Crippen molar-refractivity contribution in [3.05, 3.63) is 53.7 Å². The van der Waals surface area contributed by atoms with E-state index in [2.05, 4.69) is 10.3 Å². The number of hydrogen-bond acceptors (Lipinski definition) is 3. The molecule has 0 aliphatic heterocycles. The van der Waals surface area contributed by atoms with Crippen LogP contribution in [0.5, 0.6) is 0 Å². The van der Waals surface area contributed by atoms with Crippen molar-refractivity contribution in [3.8, 4) is 0 Å². The van der Waals surface area contributed by atoms with E-state index >= 15 is 0 Å². The maximum absolute atomic E-state index is 12.1. The predicted octanol–water partition coefficient (Wildman–Crippen LogP) is 2.48. The van der Waals surface area contributed by atoms with Crippen LogP contribution >= 0.6 is 0 Å². The zero-order valence-electron chi connectivity index (χ0n) is 9.93. The summed E-state index contributed by atoms with van der Waals surface area (Å²) in [6.45, 7) is 0. The van der Waals surface area contributed by atoms with Gasteiger partial charge in [-0.25, -0.2) is 0 Å². The van der Waals surface area contributed by atoms with Gasteiger partial charge in [0, 0.05) is 29.9 Å². The number of aromatic nitrogens is 1. The van der Waals surface area contributed by atoms with Gasteiger partial charge >= 0.3 is 0 Å². The van der Waals surface area contributed by atoms with E-state index in [-0.39, 0.29) is 11.9 Å². The summed E-state index contributed by atoms with van der Waals surface area (Å²) in [6.07, 6.45) is 7.91. The molecule has 1 aliphatic rings. The summed E-state index contributed by atoms with van der Waals surface area (Å²) in [5.41, 5.74) is 1.75. The molecule has 4 heteroatoms. The zero-order chi connectivity index (χ0) is 12.4. The fourth-order valence-corrected chi connectivity index (χ4v) is 2.38. The molecule has 2 aromatic heterocycles. The Kier molecular flexibility index (Phi) is 2.84. The quantitative estimate of drug-likeness (QED) is 0.880. The first-order valence-electron chi connectivity index (χ1n) is 6.12. The molecule has 1 aliphatic carbocycles. The van der Waals surface area contributed by atoms with Crippen LogP contribution in [0.4, 0.5) is 0 Å². The van der Waals surface area contributed by atoms with Gasteiger partial charge in [0.15, 0.2) is 0 Å². The molecule has 4 nitrogen and oxygen atoms in total. The van der Waals surface area contributed by atoms with Crippen LogP contribution in [0.3, 0.4) is 0 Å². The van der Waals surface area contributed by atoms with Crippen LogP contribution in [0.15, 0.2) is 41.3 Å². The van der Waals surface area contributed by atoms with Gasteiger partial charge in [0.2, 0.25) is 0 Å². The third kappa shape index (κ3) is 2.01. The monoisotopic (exact) mass is 242 g/mol. The molecule has 0 aromatic carbocycles. The zero-order valence-corrected chi connectivity index (χ0v) is 9.93. The highest BCUT2D eigenvalue weighted by Crippen LogP contribution is 2.30. The van der Waals surface area contributed by atoms with Gasteiger partial charge in [0.1, 0.15) is 5.76 Å². The molecule has 0 saturated heterocycles. The van der Waals surface area contributed by atoms with Gasteiger partial charge in [-0.05, 0) is 31.0 Å². The number of carbonyl (C=O) groups is 1. The first-order chi connectivity index (χ1) is 8.84. The Morgan fingerprint density at radius 2 is 2.17 bits per heavy atom. The Balaban J connectivity index is 1.77. The highest BCUT2D eigenvalue weighted by molar-refractivity contribution is 5.94. The van der Waals surface area contributed by atoms with E-state index in [0.717, 1.165) is 30.6 Å². The summed E-state index contributed by atoms with van der Waals surface area (Å²) in [6, 6.07) is 5.45. The van der Waals surface area contributed by atoms with Gasteiger partial charge in [-0.15, -0.1) is 0 Å². The summed E-state index contributed by atoms with van der Waals surface area (Å²) in [5.74, 6) is 0.942. The van der Waals surface area contributed by atoms with Gasteiger partial charge < -0.3 is 9.73 Å². The summed E-state index contributed by atoms with van der Waals surface area (Å²) >= 11 is 0. The van der Waals surface area contributed by atoms with Crippen LogP contribution in [-0.4, -0.2) is 10.9 Å². The highest BCUT2D eigenvalue weighted by Gasteiger charge is 2.24. The summed E-state index contributed by atoms with van der Waals surface area (Å²) in [5, 5.41) is 3.05. The Labute approximate surface area is 105 Å². The Bertz CT molecular complexity index is 548. The molecule has 0 radical (unpaired) electrons. The standard InChI is InChI=1S/C14H14N2O2/c17-14(10-4-7-15-8-5-10)16-12-2-1-3-13-11(12)6-9-18-13/h4-9,12H,1-3H2,(H,16,17)/t12-/m0/s1. The van der Waals surface area contributed by atoms with Crippen LogP contribution in [0, 0.1) is 0 Å². The van der Waals surface area contributed by atoms with Gasteiger partial charge in [0.25, 0.3) is 5.91 Å². The molecule has 18 heavy (non-hydrogen) atoms. The second kappa shape index (κ2) is 4.64. The number of furan rings is 1. The third-order valence-corrected chi connectivity index (χ3v) is 3.30. The molecular formula is C14H14N2O2. The number of pyridine rings is 1. The first-order valence-corrected chi connectivity index (χ1v) is 6.12. The highest BCUT2D eigenvalue weighted by atomic mass is 16.3. The lowest BCUT2D eigenvalue weighted by Crippen LogP contribution is -2.30. The summed E-state index contributed by atoms with van der Waals surface area (Å²) in [4.78, 5) is 16.0. The predicted molar refractivity (Wildman–Crippen MR) is 66.1 cm³/mol. The van der Waals surface area contributed by atoms with Crippen LogP contribution < -0.4 is 5.32 Å². The van der Waals surface area contributed by atoms with Gasteiger partial charge in [-0.2, -0.15) is 0 Å². The van der Waals surface area contributed by atoms with Gasteiger partial charge in [-0.1, -0.05) is 0 Å². The molecule has 2 aromatic rings. The minimum atomic E-state index is -0.0588. The Morgan fingerprint density at radius 1 is 1.33 bits per heavy atom. The third-order valence-electron chi connectivity index (χ3n) is 3.30. The van der Waals surface area contributed by atoms with E-state index in [1.807, 2.05) is 6.07 Å². The van der Waals surface area contributed by atoms with E-state index < -0.39 is 0 Å². The molecule has 0 unspecified atom stereocenters. The van der Waals surface area contributed by atoms with E-state index in [9.17, 15) is 4.79 Å². The maximum Gasteiger partial charge on any atom is 0.251 e. The second-order valence-corrected chi connectivity index (χ2v) is 4.45. The molecule has 2 heterocycles. The molecule has 92 valence electrons. The van der Waals surface area contributed by atoms with Crippen molar-refractivity contribution in [2.24, 2.45) is 0 Å². The lowest BCUT2D eigenvalue weighted by Gasteiger charge is -2.22. The molecule has 0 bridgehead atoms. The minimum absolute atomic E-state index is 0.0588. The number of amides is 1. The van der Waals surface area contributed by atoms with Crippen LogP contribution in [0.1, 0.15) is 40.6 Å². The maximum atomic E-state index is 12.1. The summed E-state index contributed by atoms with van der Waals surface area (Å²) < 4.78 is 5.41. The van der Waals surface area contributed by atoms with Crippen molar-refractivity contribution in [2.45, 2.75) is 25.3 Å². The number of nitrogens with one attached hydrogen (secondary N) is 1. The van der Waals surface area contributed by atoms with Gasteiger partial charge in [-0.3, -0.25) is 9.78 Å². The smallest absolute Gasteiger partial charge is 0.251 e. The molecule has 0 spiro atoms. The Hall–Kier alpha value is -2.10. The molecular weight excluding hydrogens is 228 g/mol. The largest absolute Gasteiger partial charge is 0.469 e. The Morgan fingerprint density at radius 3 is 3.00 bits per heavy atom. The number of fused-ring (bicyclic) bond motifs is 1. The van der Waals surface area contributed by atoms with Crippen molar-refractivity contribution >= 4 is 5.91 Å². The normalized spacial score (nSPS) is 18.1. The van der Waals surface area contributed by atoms with E-state index in [1.165, 1.54) is 0 Å². The molecule has 1 N–H and O–H groups in total. The lowest BCUT2D eigenvalue weighted by atomic mass is 9.93. The first kappa shape index (κ1) is 11.0. The average molecular weight is 242 g/mol. The summed E-state index contributed by atoms with van der Waals surface area (Å²) in [7, 11) is 0. The molecule has 1 atom stereocenters. The van der Waals surface area contributed by atoms with Crippen molar-refractivity contribution in [1.29, 1.82) is 0 Å². The second-order valence-electron chi connectivity index (χ2n) is 4.45. The van der Waals surface area contributed by atoms with Crippen LogP contribution in [0.2, 0.25) is 0 Å². The fraction of sp³-hybridized carbons (Fsp3) is 0.286. The molecule has 0 saturated carbocycles. The van der Waals surface area contributed by atoms with Crippen molar-refractivity contribution < 1.29 is 9.21 Å². The number of rotatable bonds is 2. The number of hydrogen-bond donors (Lipinski definition) is 1. The van der Waals surface area contributed by atoms with Crippen molar-refractivity contribution in [1.82, 2.24) is 10.3 Å². The van der Waals surface area contributed by atoms with Crippen LogP contribution in [0.25, 0.3) is 0 Å². The minimum Gasteiger partial charge on any atom is -0.469 e. The van der Waals surface area contributed by atoms with Gasteiger partial charge in [0.05, 0.1) is 12.3 Å². The average Bonchev–Trinajstić information content (AvgIpc) is 2.89. The number of aryl methyl sites for hydroxylation is 1. The number of nitrogens with zero attached hydrogens (tertiary/aromatic N) is 1. The topological polar surface area (TPSA) is 55.1 Å². The van der Waals surface area contributed by atoms with Crippen LogP contribution in [-0.2, 0) is 6.42 Å². The number of carbonyl (C=O) groups excluding carboxylic acids is 1. The molecule has 0 fully saturated rings. The van der Waals surface area contributed by atoms with E-state index in [4.69, 9.17) is 4.42 Å². The molecule has 1 amide bonds. The van der Waals surface area contributed by atoms with Crippen molar-refractivity contribution in [3.63, 3.8) is 0 Å². The SMILES string of the molecule is O=C(N[C@H]1CCCc2occc21)c1ccncc1.